The molecule has 3 aromatic carbocycles. The van der Waals surface area contributed by atoms with Gasteiger partial charge in [-0.3, -0.25) is 9.36 Å². The van der Waals surface area contributed by atoms with Crippen molar-refractivity contribution in [3.8, 4) is 11.5 Å². The number of carbonyl (C=O) groups excluding carboxylic acids is 1. The van der Waals surface area contributed by atoms with Crippen LogP contribution in [0, 0.1) is 0 Å². The topological polar surface area (TPSA) is 79.1 Å². The molecule has 9 heteroatoms. The summed E-state index contributed by atoms with van der Waals surface area (Å²) in [6, 6.07) is 22.2. The molecule has 5 rings (SSSR count). The Kier molecular flexibility index (Phi) is 7.81. The number of aromatic nitrogens is 1. The molecule has 0 radical (unpaired) electrons. The molecule has 1 aliphatic rings. The van der Waals surface area contributed by atoms with Gasteiger partial charge in [-0.25, -0.2) is 9.79 Å². The number of hydrogen-bond donors (Lipinski definition) is 0. The second kappa shape index (κ2) is 11.4. The minimum absolute atomic E-state index is 0.266. The molecule has 0 saturated heterocycles. The lowest BCUT2D eigenvalue weighted by Gasteiger charge is -2.24. The van der Waals surface area contributed by atoms with E-state index in [4.69, 9.17) is 14.2 Å². The molecule has 198 valence electrons. The standard InChI is InChI=1S/C30H25BrN2O5S/c1-18-25(29(35)37-3)26(20-12-14-22(31)15-13-20)33-28(34)24(39-30(33)32-18)16-21-10-7-11-23(36-2)27(21)38-17-19-8-5-4-6-9-19/h4-16,26H,17H2,1-3H3/b24-16-/t26-/m0/s1. The third kappa shape index (κ3) is 5.32. The third-order valence-electron chi connectivity index (χ3n) is 6.35. The van der Waals surface area contributed by atoms with Crippen LogP contribution in [0.5, 0.6) is 11.5 Å². The van der Waals surface area contributed by atoms with E-state index in [2.05, 4.69) is 20.9 Å². The first-order chi connectivity index (χ1) is 18.9. The monoisotopic (exact) mass is 604 g/mol. The van der Waals surface area contributed by atoms with Crippen molar-refractivity contribution in [3.05, 3.63) is 125 Å². The van der Waals surface area contributed by atoms with Crippen LogP contribution in [0.15, 0.2) is 98.3 Å². The van der Waals surface area contributed by atoms with E-state index in [9.17, 15) is 9.59 Å². The smallest absolute Gasteiger partial charge is 0.338 e. The lowest BCUT2D eigenvalue weighted by molar-refractivity contribution is -0.136. The van der Waals surface area contributed by atoms with E-state index in [-0.39, 0.29) is 5.56 Å². The first-order valence-electron chi connectivity index (χ1n) is 12.1. The SMILES string of the molecule is COC(=O)C1=C(C)N=c2s/c(=C\c3cccc(OC)c3OCc3ccccc3)c(=O)n2[C@H]1c1ccc(Br)cc1. The maximum Gasteiger partial charge on any atom is 0.338 e. The molecule has 1 aliphatic heterocycles. The Labute approximate surface area is 237 Å². The van der Waals surface area contributed by atoms with Crippen molar-refractivity contribution in [2.24, 2.45) is 4.99 Å². The number of para-hydroxylation sites is 1. The van der Waals surface area contributed by atoms with Gasteiger partial charge in [-0.05, 0) is 42.3 Å². The molecule has 1 atom stereocenters. The average Bonchev–Trinajstić information content (AvgIpc) is 3.26. The number of ether oxygens (including phenoxy) is 3. The summed E-state index contributed by atoms with van der Waals surface area (Å²) in [5.74, 6) is 0.567. The van der Waals surface area contributed by atoms with Gasteiger partial charge in [0.25, 0.3) is 5.56 Å². The summed E-state index contributed by atoms with van der Waals surface area (Å²) in [7, 11) is 2.91. The average molecular weight is 606 g/mol. The van der Waals surface area contributed by atoms with Crippen molar-refractivity contribution in [1.29, 1.82) is 0 Å². The summed E-state index contributed by atoms with van der Waals surface area (Å²) in [4.78, 5) is 31.9. The van der Waals surface area contributed by atoms with Crippen molar-refractivity contribution >= 4 is 39.3 Å². The van der Waals surface area contributed by atoms with Crippen molar-refractivity contribution in [2.75, 3.05) is 14.2 Å². The fraction of sp³-hybridized carbons (Fsp3) is 0.167. The summed E-state index contributed by atoms with van der Waals surface area (Å²) in [5.41, 5.74) is 3.04. The van der Waals surface area contributed by atoms with Gasteiger partial charge in [-0.15, -0.1) is 0 Å². The number of allylic oxidation sites excluding steroid dienone is 1. The molecule has 1 aromatic heterocycles. The van der Waals surface area contributed by atoms with E-state index in [1.165, 1.54) is 18.4 Å². The van der Waals surface area contributed by atoms with Crippen LogP contribution in [0.3, 0.4) is 0 Å². The molecular formula is C30H25BrN2O5S. The van der Waals surface area contributed by atoms with E-state index < -0.39 is 12.0 Å². The van der Waals surface area contributed by atoms with Crippen LogP contribution in [0.2, 0.25) is 0 Å². The number of hydrogen-bond acceptors (Lipinski definition) is 7. The molecule has 0 amide bonds. The van der Waals surface area contributed by atoms with Crippen molar-refractivity contribution in [3.63, 3.8) is 0 Å². The summed E-state index contributed by atoms with van der Waals surface area (Å²) < 4.78 is 19.7. The highest BCUT2D eigenvalue weighted by molar-refractivity contribution is 9.10. The zero-order valence-electron chi connectivity index (χ0n) is 21.5. The fourth-order valence-electron chi connectivity index (χ4n) is 4.49. The lowest BCUT2D eigenvalue weighted by atomic mass is 9.96. The Balaban J connectivity index is 1.65. The van der Waals surface area contributed by atoms with E-state index in [0.717, 1.165) is 15.6 Å². The van der Waals surface area contributed by atoms with Crippen LogP contribution >= 0.6 is 27.3 Å². The number of esters is 1. The Hall–Kier alpha value is -3.95. The lowest BCUT2D eigenvalue weighted by Crippen LogP contribution is -2.39. The molecule has 7 nitrogen and oxygen atoms in total. The molecule has 0 spiro atoms. The number of halogens is 1. The summed E-state index contributed by atoms with van der Waals surface area (Å²) in [6.07, 6.45) is 1.78. The summed E-state index contributed by atoms with van der Waals surface area (Å²) in [5, 5.41) is 0. The quantitative estimate of drug-likeness (QED) is 0.284. The first-order valence-corrected chi connectivity index (χ1v) is 13.7. The molecule has 0 saturated carbocycles. The zero-order valence-corrected chi connectivity index (χ0v) is 23.9. The van der Waals surface area contributed by atoms with Crippen molar-refractivity contribution in [1.82, 2.24) is 4.57 Å². The number of fused-ring (bicyclic) bond motifs is 1. The zero-order chi connectivity index (χ0) is 27.5. The number of rotatable bonds is 7. The Morgan fingerprint density at radius 2 is 1.79 bits per heavy atom. The molecule has 2 heterocycles. The molecule has 4 aromatic rings. The predicted octanol–water partition coefficient (Wildman–Crippen LogP) is 4.76. The maximum atomic E-state index is 13.9. The second-order valence-corrected chi connectivity index (χ2v) is 10.7. The molecule has 0 fully saturated rings. The molecular weight excluding hydrogens is 580 g/mol. The van der Waals surface area contributed by atoms with Gasteiger partial charge in [0.2, 0.25) is 0 Å². The summed E-state index contributed by atoms with van der Waals surface area (Å²) in [6.45, 7) is 2.10. The minimum Gasteiger partial charge on any atom is -0.493 e. The van der Waals surface area contributed by atoms with Crippen molar-refractivity contribution in [2.45, 2.75) is 19.6 Å². The van der Waals surface area contributed by atoms with Gasteiger partial charge in [0.15, 0.2) is 16.3 Å². The van der Waals surface area contributed by atoms with Crippen molar-refractivity contribution < 1.29 is 19.0 Å². The Morgan fingerprint density at radius 3 is 2.49 bits per heavy atom. The highest BCUT2D eigenvalue weighted by Crippen LogP contribution is 2.33. The highest BCUT2D eigenvalue weighted by Gasteiger charge is 2.33. The normalized spacial score (nSPS) is 15.0. The molecule has 39 heavy (non-hydrogen) atoms. The number of nitrogens with zero attached hydrogens (tertiary/aromatic N) is 2. The number of thiazole rings is 1. The van der Waals surface area contributed by atoms with Gasteiger partial charge in [0.1, 0.15) is 6.61 Å². The first kappa shape index (κ1) is 26.6. The van der Waals surface area contributed by atoms with E-state index >= 15 is 0 Å². The molecule has 0 N–H and O–H groups in total. The fourth-order valence-corrected chi connectivity index (χ4v) is 5.79. The van der Waals surface area contributed by atoms with Crippen LogP contribution in [0.1, 0.15) is 29.7 Å². The van der Waals surface area contributed by atoms with Gasteiger partial charge in [0, 0.05) is 10.0 Å². The highest BCUT2D eigenvalue weighted by atomic mass is 79.9. The van der Waals surface area contributed by atoms with Crippen LogP contribution in [-0.4, -0.2) is 24.8 Å². The molecule has 0 aliphatic carbocycles. The predicted molar refractivity (Wildman–Crippen MR) is 154 cm³/mol. The Bertz CT molecular complexity index is 1740. The van der Waals surface area contributed by atoms with Crippen LogP contribution in [0.25, 0.3) is 6.08 Å². The Morgan fingerprint density at radius 1 is 1.05 bits per heavy atom. The van der Waals surface area contributed by atoms with E-state index in [1.54, 1.807) is 24.7 Å². The van der Waals surface area contributed by atoms with Gasteiger partial charge >= 0.3 is 5.97 Å². The minimum atomic E-state index is -0.678. The number of methoxy groups -OCH3 is 2. The van der Waals surface area contributed by atoms with Gasteiger partial charge in [-0.1, -0.05) is 81.9 Å². The van der Waals surface area contributed by atoms with Gasteiger partial charge in [-0.2, -0.15) is 0 Å². The second-order valence-electron chi connectivity index (χ2n) is 8.78. The molecule has 0 unspecified atom stereocenters. The van der Waals surface area contributed by atoms with E-state index in [0.29, 0.717) is 44.3 Å². The van der Waals surface area contributed by atoms with Gasteiger partial charge in [0.05, 0.1) is 36.1 Å². The number of carbonyl (C=O) groups is 1. The van der Waals surface area contributed by atoms with E-state index in [1.807, 2.05) is 72.8 Å². The largest absolute Gasteiger partial charge is 0.493 e. The van der Waals surface area contributed by atoms with Crippen LogP contribution in [0.4, 0.5) is 0 Å². The van der Waals surface area contributed by atoms with Gasteiger partial charge < -0.3 is 14.2 Å². The summed E-state index contributed by atoms with van der Waals surface area (Å²) >= 11 is 4.71. The van der Waals surface area contributed by atoms with Crippen LogP contribution < -0.4 is 24.4 Å². The third-order valence-corrected chi connectivity index (χ3v) is 7.87. The molecule has 0 bridgehead atoms. The number of benzene rings is 3. The van der Waals surface area contributed by atoms with Crippen LogP contribution in [-0.2, 0) is 16.1 Å². The maximum absolute atomic E-state index is 13.9.